The fourth-order valence-electron chi connectivity index (χ4n) is 2.83. The van der Waals surface area contributed by atoms with Gasteiger partial charge in [0.1, 0.15) is 5.01 Å². The molecule has 104 valence electrons. The molecule has 0 bridgehead atoms. The molecule has 2 aliphatic rings. The lowest BCUT2D eigenvalue weighted by atomic mass is 10.0. The van der Waals surface area contributed by atoms with Crippen LogP contribution in [0.3, 0.4) is 0 Å². The van der Waals surface area contributed by atoms with Crippen molar-refractivity contribution in [3.63, 3.8) is 0 Å². The molecule has 1 saturated heterocycles. The third-order valence-corrected chi connectivity index (χ3v) is 4.99. The summed E-state index contributed by atoms with van der Waals surface area (Å²) in [5, 5.41) is 3.10. The molecule has 0 spiro atoms. The van der Waals surface area contributed by atoms with Crippen molar-refractivity contribution in [2.75, 3.05) is 20.1 Å². The molecule has 1 amide bonds. The molecule has 1 aromatic heterocycles. The molecule has 19 heavy (non-hydrogen) atoms. The van der Waals surface area contributed by atoms with Crippen LogP contribution < -0.4 is 0 Å². The van der Waals surface area contributed by atoms with E-state index in [2.05, 4.69) is 21.8 Å². The van der Waals surface area contributed by atoms with Crippen LogP contribution in [0.25, 0.3) is 0 Å². The summed E-state index contributed by atoms with van der Waals surface area (Å²) in [6.45, 7) is 1.45. The molecule has 4 nitrogen and oxygen atoms in total. The number of likely N-dealkylation sites (tertiary alicyclic amines) is 1. The maximum atomic E-state index is 12.5. The molecular formula is C14H21N3OS. The number of hydrogen-bond donors (Lipinski definition) is 0. The van der Waals surface area contributed by atoms with E-state index in [1.54, 1.807) is 11.3 Å². The van der Waals surface area contributed by atoms with Crippen molar-refractivity contribution >= 4 is 17.2 Å². The van der Waals surface area contributed by atoms with Crippen molar-refractivity contribution in [2.45, 2.75) is 44.2 Å². The highest BCUT2D eigenvalue weighted by Gasteiger charge is 2.33. The Morgan fingerprint density at radius 3 is 3.00 bits per heavy atom. The molecule has 0 radical (unpaired) electrons. The number of amides is 1. The van der Waals surface area contributed by atoms with Gasteiger partial charge in [-0.3, -0.25) is 9.69 Å². The van der Waals surface area contributed by atoms with Gasteiger partial charge in [0, 0.05) is 24.2 Å². The molecule has 1 aliphatic carbocycles. The molecule has 0 N–H and O–H groups in total. The van der Waals surface area contributed by atoms with Gasteiger partial charge in [-0.2, -0.15) is 0 Å². The highest BCUT2D eigenvalue weighted by Crippen LogP contribution is 2.32. The van der Waals surface area contributed by atoms with Gasteiger partial charge in [-0.1, -0.05) is 0 Å². The van der Waals surface area contributed by atoms with Crippen molar-refractivity contribution in [1.82, 2.24) is 14.8 Å². The van der Waals surface area contributed by atoms with Crippen LogP contribution in [-0.4, -0.2) is 46.9 Å². The van der Waals surface area contributed by atoms with Crippen LogP contribution in [0, 0.1) is 0 Å². The number of nitrogens with zero attached hydrogens (tertiary/aromatic N) is 3. The van der Waals surface area contributed by atoms with Crippen molar-refractivity contribution in [3.8, 4) is 0 Å². The normalized spacial score (nSPS) is 23.9. The van der Waals surface area contributed by atoms with E-state index in [-0.39, 0.29) is 11.9 Å². The second kappa shape index (κ2) is 5.59. The number of likely N-dealkylation sites (N-methyl/N-ethyl adjacent to an activating group) is 1. The monoisotopic (exact) mass is 279 g/mol. The number of carbonyl (C=O) groups excluding carboxylic acids is 1. The van der Waals surface area contributed by atoms with E-state index in [1.165, 1.54) is 19.3 Å². The minimum Gasteiger partial charge on any atom is -0.332 e. The largest absolute Gasteiger partial charge is 0.332 e. The lowest BCUT2D eigenvalue weighted by molar-refractivity contribution is -0.136. The summed E-state index contributed by atoms with van der Waals surface area (Å²) < 4.78 is 0. The van der Waals surface area contributed by atoms with Crippen molar-refractivity contribution in [3.05, 3.63) is 16.6 Å². The number of carbonyl (C=O) groups is 1. The Balaban J connectivity index is 1.67. The van der Waals surface area contributed by atoms with Gasteiger partial charge < -0.3 is 4.90 Å². The van der Waals surface area contributed by atoms with Gasteiger partial charge in [-0.15, -0.1) is 11.3 Å². The molecule has 1 atom stereocenters. The Morgan fingerprint density at radius 2 is 2.32 bits per heavy atom. The van der Waals surface area contributed by atoms with Gasteiger partial charge in [0.05, 0.1) is 12.6 Å². The summed E-state index contributed by atoms with van der Waals surface area (Å²) in [5.41, 5.74) is 0. The first-order valence-corrected chi connectivity index (χ1v) is 8.03. The Morgan fingerprint density at radius 1 is 1.47 bits per heavy atom. The Bertz CT molecular complexity index is 430. The lowest BCUT2D eigenvalue weighted by Crippen LogP contribution is -2.43. The van der Waals surface area contributed by atoms with Gasteiger partial charge in [0.25, 0.3) is 0 Å². The molecule has 1 aliphatic heterocycles. The number of piperidine rings is 1. The van der Waals surface area contributed by atoms with Gasteiger partial charge >= 0.3 is 0 Å². The third kappa shape index (κ3) is 2.98. The predicted molar refractivity (Wildman–Crippen MR) is 76.1 cm³/mol. The number of rotatable bonds is 4. The average Bonchev–Trinajstić information content (AvgIpc) is 3.14. The van der Waals surface area contributed by atoms with E-state index < -0.39 is 0 Å². The first kappa shape index (κ1) is 13.1. The van der Waals surface area contributed by atoms with Gasteiger partial charge in [0.15, 0.2) is 0 Å². The standard InChI is InChI=1S/C14H21N3OS/c1-16(11-5-6-11)10-13(18)17-8-3-2-4-12(17)14-15-7-9-19-14/h7,9,11-12H,2-6,8,10H2,1H3/t12-/m1/s1. The highest BCUT2D eigenvalue weighted by atomic mass is 32.1. The number of hydrogen-bond acceptors (Lipinski definition) is 4. The van der Waals surface area contributed by atoms with Crippen LogP contribution in [0.2, 0.25) is 0 Å². The van der Waals surface area contributed by atoms with Crippen LogP contribution in [0.15, 0.2) is 11.6 Å². The molecule has 3 rings (SSSR count). The highest BCUT2D eigenvalue weighted by molar-refractivity contribution is 7.09. The molecule has 1 aromatic rings. The van der Waals surface area contributed by atoms with Crippen molar-refractivity contribution < 1.29 is 4.79 Å². The molecule has 0 unspecified atom stereocenters. The van der Waals surface area contributed by atoms with Crippen molar-refractivity contribution in [2.24, 2.45) is 0 Å². The van der Waals surface area contributed by atoms with E-state index >= 15 is 0 Å². The van der Waals surface area contributed by atoms with Gasteiger partial charge in [-0.25, -0.2) is 4.98 Å². The third-order valence-electron chi connectivity index (χ3n) is 4.11. The summed E-state index contributed by atoms with van der Waals surface area (Å²) in [7, 11) is 2.07. The van der Waals surface area contributed by atoms with Crippen molar-refractivity contribution in [1.29, 1.82) is 0 Å². The van der Waals surface area contributed by atoms with E-state index in [1.807, 2.05) is 11.6 Å². The molecule has 2 fully saturated rings. The summed E-state index contributed by atoms with van der Waals surface area (Å²) in [4.78, 5) is 21.2. The Labute approximate surface area is 118 Å². The SMILES string of the molecule is CN(CC(=O)N1CCCC[C@@H]1c1nccs1)C1CC1. The minimum atomic E-state index is 0.217. The second-order valence-electron chi connectivity index (χ2n) is 5.62. The van der Waals surface area contributed by atoms with E-state index in [4.69, 9.17) is 0 Å². The fourth-order valence-corrected chi connectivity index (χ4v) is 3.62. The molecule has 5 heteroatoms. The summed E-state index contributed by atoms with van der Waals surface area (Å²) in [5.74, 6) is 0.273. The molecule has 0 aromatic carbocycles. The molecular weight excluding hydrogens is 258 g/mol. The van der Waals surface area contributed by atoms with Crippen LogP contribution in [0.4, 0.5) is 0 Å². The quantitative estimate of drug-likeness (QED) is 0.848. The number of thiazole rings is 1. The van der Waals surface area contributed by atoms with Gasteiger partial charge in [-0.05, 0) is 39.2 Å². The Hall–Kier alpha value is -0.940. The van der Waals surface area contributed by atoms with Crippen LogP contribution in [0.5, 0.6) is 0 Å². The van der Waals surface area contributed by atoms with E-state index in [9.17, 15) is 4.79 Å². The first-order chi connectivity index (χ1) is 9.25. The summed E-state index contributed by atoms with van der Waals surface area (Å²) in [6.07, 6.45) is 7.73. The fraction of sp³-hybridized carbons (Fsp3) is 0.714. The maximum Gasteiger partial charge on any atom is 0.237 e. The summed E-state index contributed by atoms with van der Waals surface area (Å²) in [6, 6.07) is 0.862. The Kier molecular flexibility index (Phi) is 3.84. The van der Waals surface area contributed by atoms with Crippen LogP contribution in [0.1, 0.15) is 43.2 Å². The zero-order valence-corrected chi connectivity index (χ0v) is 12.2. The second-order valence-corrected chi connectivity index (χ2v) is 6.54. The zero-order chi connectivity index (χ0) is 13.2. The topological polar surface area (TPSA) is 36.4 Å². The zero-order valence-electron chi connectivity index (χ0n) is 11.4. The molecule has 1 saturated carbocycles. The van der Waals surface area contributed by atoms with E-state index in [0.29, 0.717) is 12.6 Å². The maximum absolute atomic E-state index is 12.5. The van der Waals surface area contributed by atoms with Gasteiger partial charge in [0.2, 0.25) is 5.91 Å². The first-order valence-electron chi connectivity index (χ1n) is 7.15. The average molecular weight is 279 g/mol. The minimum absolute atomic E-state index is 0.217. The summed E-state index contributed by atoms with van der Waals surface area (Å²) >= 11 is 1.67. The number of aromatic nitrogens is 1. The lowest BCUT2D eigenvalue weighted by Gasteiger charge is -2.35. The van der Waals surface area contributed by atoms with Crippen LogP contribution in [-0.2, 0) is 4.79 Å². The predicted octanol–water partition coefficient (Wildman–Crippen LogP) is 2.29. The van der Waals surface area contributed by atoms with E-state index in [0.717, 1.165) is 24.4 Å². The molecule has 2 heterocycles. The van der Waals surface area contributed by atoms with Crippen LogP contribution >= 0.6 is 11.3 Å². The smallest absolute Gasteiger partial charge is 0.237 e.